The molecule has 1 aliphatic heterocycles. The first kappa shape index (κ1) is 20.6. The predicted octanol–water partition coefficient (Wildman–Crippen LogP) is 2.01. The first-order chi connectivity index (χ1) is 13.1. The highest BCUT2D eigenvalue weighted by Crippen LogP contribution is 2.30. The zero-order valence-corrected chi connectivity index (χ0v) is 17.9. The van der Waals surface area contributed by atoms with E-state index in [2.05, 4.69) is 33.3 Å². The zero-order valence-electron chi connectivity index (χ0n) is 16.3. The molecular weight excluding hydrogens is 426 g/mol. The first-order valence-corrected chi connectivity index (χ1v) is 10.2. The summed E-state index contributed by atoms with van der Waals surface area (Å²) in [6, 6.07) is 1.95. The number of nitrogens with one attached hydrogen (secondary N) is 1. The minimum absolute atomic E-state index is 0.0637. The summed E-state index contributed by atoms with van der Waals surface area (Å²) in [4.78, 5) is 26.1. The highest BCUT2D eigenvalue weighted by atomic mass is 79.9. The molecule has 0 spiro atoms. The number of carbonyl (C=O) groups is 2. The molecule has 0 bridgehead atoms. The van der Waals surface area contributed by atoms with E-state index in [1.54, 1.807) is 9.42 Å². The number of hydrogen-bond donors (Lipinski definition) is 3. The van der Waals surface area contributed by atoms with Crippen molar-refractivity contribution in [1.29, 1.82) is 0 Å². The van der Waals surface area contributed by atoms with Crippen molar-refractivity contribution in [3.8, 4) is 0 Å². The Kier molecular flexibility index (Phi) is 5.67. The average Bonchev–Trinajstić information content (AvgIpc) is 3.01. The molecule has 0 radical (unpaired) electrons. The summed E-state index contributed by atoms with van der Waals surface area (Å²) < 4.78 is 2.54. The van der Waals surface area contributed by atoms with Crippen LogP contribution in [0.2, 0.25) is 0 Å². The summed E-state index contributed by atoms with van der Waals surface area (Å²) in [5.74, 6) is -0.631. The van der Waals surface area contributed by atoms with Gasteiger partial charge in [-0.1, -0.05) is 6.92 Å². The molecule has 1 aliphatic rings. The monoisotopic (exact) mass is 451 g/mol. The number of piperidine rings is 1. The molecule has 152 valence electrons. The van der Waals surface area contributed by atoms with Crippen molar-refractivity contribution in [3.63, 3.8) is 0 Å². The minimum Gasteiger partial charge on any atom is -0.381 e. The van der Waals surface area contributed by atoms with Crippen LogP contribution in [0.3, 0.4) is 0 Å². The van der Waals surface area contributed by atoms with Crippen LogP contribution in [0.25, 0.3) is 5.52 Å². The van der Waals surface area contributed by atoms with Crippen molar-refractivity contribution in [1.82, 2.24) is 14.5 Å². The molecule has 0 aromatic carbocycles. The van der Waals surface area contributed by atoms with Crippen molar-refractivity contribution in [2.75, 3.05) is 18.4 Å². The molecule has 0 aliphatic carbocycles. The lowest BCUT2D eigenvalue weighted by molar-refractivity contribution is -0.149. The van der Waals surface area contributed by atoms with Gasteiger partial charge in [-0.05, 0) is 54.6 Å². The molecule has 3 heterocycles. The topological polar surface area (TPSA) is 113 Å². The summed E-state index contributed by atoms with van der Waals surface area (Å²) in [5.41, 5.74) is 5.94. The Balaban J connectivity index is 1.88. The lowest BCUT2D eigenvalue weighted by Gasteiger charge is -2.41. The molecule has 8 nitrogen and oxygen atoms in total. The van der Waals surface area contributed by atoms with Crippen LogP contribution in [-0.4, -0.2) is 56.2 Å². The molecule has 0 unspecified atom stereocenters. The maximum Gasteiger partial charge on any atom is 0.253 e. The molecule has 2 aromatic heterocycles. The summed E-state index contributed by atoms with van der Waals surface area (Å²) in [6.07, 6.45) is 4.84. The van der Waals surface area contributed by atoms with Crippen molar-refractivity contribution >= 4 is 38.9 Å². The number of rotatable bonds is 5. The van der Waals surface area contributed by atoms with Crippen molar-refractivity contribution in [2.45, 2.75) is 45.3 Å². The molecule has 28 heavy (non-hydrogen) atoms. The maximum atomic E-state index is 12.4. The van der Waals surface area contributed by atoms with E-state index in [1.165, 1.54) is 20.0 Å². The van der Waals surface area contributed by atoms with Gasteiger partial charge < -0.3 is 21.1 Å². The Morgan fingerprint density at radius 2 is 2.18 bits per heavy atom. The highest BCUT2D eigenvalue weighted by molar-refractivity contribution is 9.10. The number of nitrogens with zero attached hydrogens (tertiary/aromatic N) is 3. The van der Waals surface area contributed by atoms with Gasteiger partial charge >= 0.3 is 0 Å². The molecule has 9 heteroatoms. The Morgan fingerprint density at radius 3 is 2.79 bits per heavy atom. The largest absolute Gasteiger partial charge is 0.381 e. The first-order valence-electron chi connectivity index (χ1n) is 9.36. The van der Waals surface area contributed by atoms with Gasteiger partial charge in [0.05, 0.1) is 23.0 Å². The second-order valence-corrected chi connectivity index (χ2v) is 8.72. The number of carbonyl (C=O) groups excluding carboxylic acids is 2. The molecular formula is C19H26BrN5O3. The SMILES string of the molecule is CC[C@@H]1CN(C(=O)C(C)(C)O)CC[C@H]1Nc1c(C(N)=O)cnn2cc(Br)cc12. The van der Waals surface area contributed by atoms with E-state index in [-0.39, 0.29) is 17.9 Å². The van der Waals surface area contributed by atoms with E-state index in [0.717, 1.165) is 16.4 Å². The van der Waals surface area contributed by atoms with E-state index < -0.39 is 11.5 Å². The number of aliphatic hydroxyl groups is 1. The van der Waals surface area contributed by atoms with Crippen LogP contribution in [0.15, 0.2) is 22.9 Å². The standard InChI is InChI=1S/C19H26BrN5O3/c1-4-11-9-24(18(27)19(2,3)28)6-5-14(11)23-16-13(17(21)26)8-22-25-10-12(20)7-15(16)25/h7-8,10-11,14,23,28H,4-6,9H2,1-3H3,(H2,21,26)/t11-,14-/m1/s1. The number of fused-ring (bicyclic) bond motifs is 1. The van der Waals surface area contributed by atoms with Crippen molar-refractivity contribution in [2.24, 2.45) is 11.7 Å². The Morgan fingerprint density at radius 1 is 1.46 bits per heavy atom. The van der Waals surface area contributed by atoms with Gasteiger partial charge in [-0.15, -0.1) is 0 Å². The van der Waals surface area contributed by atoms with Crippen LogP contribution in [0, 0.1) is 5.92 Å². The van der Waals surface area contributed by atoms with Gasteiger partial charge in [-0.2, -0.15) is 5.10 Å². The zero-order chi connectivity index (χ0) is 20.6. The number of anilines is 1. The van der Waals surface area contributed by atoms with Crippen LogP contribution in [0.1, 0.15) is 44.0 Å². The van der Waals surface area contributed by atoms with Gasteiger partial charge in [0.25, 0.3) is 11.8 Å². The number of nitrogens with two attached hydrogens (primary N) is 1. The molecule has 2 atom stereocenters. The van der Waals surface area contributed by atoms with E-state index in [4.69, 9.17) is 5.73 Å². The van der Waals surface area contributed by atoms with Gasteiger partial charge in [0.2, 0.25) is 0 Å². The Labute approximate surface area is 172 Å². The van der Waals surface area contributed by atoms with Crippen LogP contribution in [0.4, 0.5) is 5.69 Å². The summed E-state index contributed by atoms with van der Waals surface area (Å²) in [5, 5.41) is 17.8. The maximum absolute atomic E-state index is 12.4. The third-order valence-corrected chi connectivity index (χ3v) is 5.70. The minimum atomic E-state index is -1.38. The van der Waals surface area contributed by atoms with Crippen molar-refractivity contribution < 1.29 is 14.7 Å². The third kappa shape index (κ3) is 4.00. The number of aromatic nitrogens is 2. The van der Waals surface area contributed by atoms with Gasteiger partial charge in [-0.25, -0.2) is 4.52 Å². The van der Waals surface area contributed by atoms with Crippen molar-refractivity contribution in [3.05, 3.63) is 28.5 Å². The Hall–Kier alpha value is -2.13. The quantitative estimate of drug-likeness (QED) is 0.643. The highest BCUT2D eigenvalue weighted by Gasteiger charge is 2.36. The van der Waals surface area contributed by atoms with Gasteiger partial charge in [0, 0.05) is 29.8 Å². The number of hydrogen-bond acceptors (Lipinski definition) is 5. The average molecular weight is 452 g/mol. The summed E-state index contributed by atoms with van der Waals surface area (Å²) in [6.45, 7) is 6.18. The summed E-state index contributed by atoms with van der Waals surface area (Å²) in [7, 11) is 0. The van der Waals surface area contributed by atoms with Crippen LogP contribution in [0.5, 0.6) is 0 Å². The third-order valence-electron chi connectivity index (χ3n) is 5.27. The van der Waals surface area contributed by atoms with E-state index in [0.29, 0.717) is 30.8 Å². The van der Waals surface area contributed by atoms with Gasteiger partial charge in [-0.3, -0.25) is 9.59 Å². The van der Waals surface area contributed by atoms with Crippen LogP contribution in [-0.2, 0) is 4.79 Å². The fraction of sp³-hybridized carbons (Fsp3) is 0.526. The number of amides is 2. The van der Waals surface area contributed by atoms with Crippen LogP contribution >= 0.6 is 15.9 Å². The molecule has 1 saturated heterocycles. The predicted molar refractivity (Wildman–Crippen MR) is 110 cm³/mol. The number of primary amides is 1. The number of likely N-dealkylation sites (tertiary alicyclic amines) is 1. The normalized spacial score (nSPS) is 20.4. The summed E-state index contributed by atoms with van der Waals surface area (Å²) >= 11 is 3.44. The second-order valence-electron chi connectivity index (χ2n) is 7.80. The number of halogens is 1. The molecule has 2 amide bonds. The van der Waals surface area contributed by atoms with Gasteiger partial charge in [0.15, 0.2) is 0 Å². The molecule has 2 aromatic rings. The Bertz CT molecular complexity index is 905. The molecule has 4 N–H and O–H groups in total. The van der Waals surface area contributed by atoms with E-state index in [1.807, 2.05) is 12.3 Å². The van der Waals surface area contributed by atoms with Crippen LogP contribution < -0.4 is 11.1 Å². The molecule has 1 fully saturated rings. The fourth-order valence-corrected chi connectivity index (χ4v) is 4.17. The van der Waals surface area contributed by atoms with E-state index >= 15 is 0 Å². The lowest BCUT2D eigenvalue weighted by atomic mass is 9.88. The molecule has 3 rings (SSSR count). The lowest BCUT2D eigenvalue weighted by Crippen LogP contribution is -2.53. The smallest absolute Gasteiger partial charge is 0.253 e. The fourth-order valence-electron chi connectivity index (χ4n) is 3.76. The van der Waals surface area contributed by atoms with Gasteiger partial charge in [0.1, 0.15) is 5.60 Å². The van der Waals surface area contributed by atoms with E-state index in [9.17, 15) is 14.7 Å². The second kappa shape index (κ2) is 7.71. The molecule has 0 saturated carbocycles.